The van der Waals surface area contributed by atoms with Crippen molar-refractivity contribution in [2.45, 2.75) is 24.0 Å². The number of rotatable bonds is 6. The quantitative estimate of drug-likeness (QED) is 0.560. The zero-order chi connectivity index (χ0) is 19.1. The van der Waals surface area contributed by atoms with Gasteiger partial charge in [-0.05, 0) is 6.07 Å². The topological polar surface area (TPSA) is 154 Å². The van der Waals surface area contributed by atoms with Crippen molar-refractivity contribution in [2.24, 2.45) is 16.8 Å². The third-order valence-electron chi connectivity index (χ3n) is 4.89. The largest absolute Gasteiger partial charge is 0.488 e. The zero-order valence-electron chi connectivity index (χ0n) is 13.5. The number of para-hydroxylation sites is 1. The maximum atomic E-state index is 11.9. The highest BCUT2D eigenvalue weighted by atomic mass is 16.5. The van der Waals surface area contributed by atoms with Crippen molar-refractivity contribution in [3.05, 3.63) is 29.8 Å². The van der Waals surface area contributed by atoms with Crippen molar-refractivity contribution in [3.8, 4) is 5.75 Å². The Hall–Kier alpha value is -2.94. The monoisotopic (exact) mass is 363 g/mol. The smallest absolute Gasteiger partial charge is 0.337 e. The van der Waals surface area contributed by atoms with Crippen molar-refractivity contribution in [1.82, 2.24) is 0 Å². The molecule has 138 valence electrons. The highest BCUT2D eigenvalue weighted by Crippen LogP contribution is 2.48. The molecule has 26 heavy (non-hydrogen) atoms. The van der Waals surface area contributed by atoms with Crippen LogP contribution in [0.2, 0.25) is 0 Å². The fraction of sp³-hybridized carbons (Fsp3) is 0.412. The Morgan fingerprint density at radius 3 is 2.54 bits per heavy atom. The van der Waals surface area contributed by atoms with Crippen LogP contribution in [0.15, 0.2) is 29.3 Å². The predicted molar refractivity (Wildman–Crippen MR) is 86.4 cm³/mol. The molecule has 1 aromatic carbocycles. The molecule has 2 aliphatic rings. The minimum absolute atomic E-state index is 0.257. The summed E-state index contributed by atoms with van der Waals surface area (Å²) < 4.78 is 5.77. The zero-order valence-corrected chi connectivity index (χ0v) is 13.5. The first-order valence-electron chi connectivity index (χ1n) is 7.91. The summed E-state index contributed by atoms with van der Waals surface area (Å²) in [5, 5.41) is 38.6. The Morgan fingerprint density at radius 1 is 1.23 bits per heavy atom. The first kappa shape index (κ1) is 17.9. The Labute approximate surface area is 147 Å². The molecule has 0 aliphatic carbocycles. The van der Waals surface area contributed by atoms with E-state index < -0.39 is 53.8 Å². The van der Waals surface area contributed by atoms with Crippen molar-refractivity contribution in [1.29, 1.82) is 0 Å². The Morgan fingerprint density at radius 2 is 1.92 bits per heavy atom. The number of carbonyl (C=O) groups is 3. The van der Waals surface area contributed by atoms with Gasteiger partial charge in [0.05, 0.1) is 13.0 Å². The molecule has 0 bridgehead atoms. The fourth-order valence-corrected chi connectivity index (χ4v) is 3.81. The molecule has 0 saturated heterocycles. The van der Waals surface area contributed by atoms with Crippen LogP contribution in [0.3, 0.4) is 0 Å². The van der Waals surface area contributed by atoms with Gasteiger partial charge in [-0.25, -0.2) is 4.79 Å². The van der Waals surface area contributed by atoms with E-state index in [1.54, 1.807) is 24.3 Å². The molecule has 4 N–H and O–H groups in total. The number of aliphatic carboxylic acids is 3. The van der Waals surface area contributed by atoms with Gasteiger partial charge in [0.15, 0.2) is 5.60 Å². The van der Waals surface area contributed by atoms with E-state index in [4.69, 9.17) is 9.84 Å². The molecule has 0 aromatic heterocycles. The highest BCUT2D eigenvalue weighted by molar-refractivity contribution is 5.92. The number of ether oxygens (including phenoxy) is 1. The first-order chi connectivity index (χ1) is 12.3. The number of carboxylic acid groups (broad SMARTS) is 3. The van der Waals surface area contributed by atoms with Gasteiger partial charge in [0.25, 0.3) is 0 Å². The van der Waals surface area contributed by atoms with Crippen molar-refractivity contribution in [3.63, 3.8) is 0 Å². The molecule has 9 heteroatoms. The van der Waals surface area contributed by atoms with E-state index >= 15 is 0 Å². The van der Waals surface area contributed by atoms with Crippen LogP contribution in [0.4, 0.5) is 0 Å². The number of hydrogen-bond donors (Lipinski definition) is 4. The third kappa shape index (κ3) is 2.80. The lowest BCUT2D eigenvalue weighted by molar-refractivity contribution is -0.182. The average Bonchev–Trinajstić information content (AvgIpc) is 2.93. The third-order valence-corrected chi connectivity index (χ3v) is 4.89. The Bertz CT molecular complexity index is 791. The molecule has 5 unspecified atom stereocenters. The van der Waals surface area contributed by atoms with Crippen LogP contribution in [0.25, 0.3) is 0 Å². The SMILES string of the molecule is O=C(O)CC(O)(C(=O)O)C(C(=O)O)C1C=NCC2Oc3ccccc3C21. The van der Waals surface area contributed by atoms with Crippen LogP contribution in [-0.2, 0) is 14.4 Å². The number of aliphatic imine (C=N–C) groups is 1. The average molecular weight is 363 g/mol. The van der Waals surface area contributed by atoms with E-state index in [2.05, 4.69) is 4.99 Å². The van der Waals surface area contributed by atoms with E-state index in [9.17, 15) is 29.7 Å². The van der Waals surface area contributed by atoms with Crippen LogP contribution in [0.1, 0.15) is 17.9 Å². The van der Waals surface area contributed by atoms with E-state index in [0.29, 0.717) is 11.3 Å². The minimum Gasteiger partial charge on any atom is -0.488 e. The van der Waals surface area contributed by atoms with E-state index in [0.717, 1.165) is 0 Å². The van der Waals surface area contributed by atoms with Gasteiger partial charge < -0.3 is 25.2 Å². The van der Waals surface area contributed by atoms with Gasteiger partial charge in [-0.3, -0.25) is 14.6 Å². The fourth-order valence-electron chi connectivity index (χ4n) is 3.81. The van der Waals surface area contributed by atoms with Crippen molar-refractivity contribution >= 4 is 24.1 Å². The summed E-state index contributed by atoms with van der Waals surface area (Å²) in [6.45, 7) is 0.257. The molecule has 9 nitrogen and oxygen atoms in total. The molecule has 2 heterocycles. The number of nitrogens with zero attached hydrogens (tertiary/aromatic N) is 1. The number of hydrogen-bond acceptors (Lipinski definition) is 6. The maximum Gasteiger partial charge on any atom is 0.337 e. The molecule has 0 fully saturated rings. The standard InChI is InChI=1S/C17H17NO8/c19-12(20)5-17(25,16(23)24)14(15(21)22)9-6-18-7-11-13(9)8-3-1-2-4-10(8)26-11/h1-4,6,9,11,13-14,25H,5,7H2,(H,19,20)(H,21,22)(H,23,24). The summed E-state index contributed by atoms with van der Waals surface area (Å²) in [5.41, 5.74) is -2.31. The lowest BCUT2D eigenvalue weighted by Crippen LogP contribution is -2.56. The highest BCUT2D eigenvalue weighted by Gasteiger charge is 2.57. The lowest BCUT2D eigenvalue weighted by atomic mass is 9.68. The second-order valence-electron chi connectivity index (χ2n) is 6.43. The van der Waals surface area contributed by atoms with Crippen LogP contribution >= 0.6 is 0 Å². The van der Waals surface area contributed by atoms with Crippen LogP contribution in [-0.4, -0.2) is 62.8 Å². The molecule has 2 aliphatic heterocycles. The first-order valence-corrected chi connectivity index (χ1v) is 7.91. The van der Waals surface area contributed by atoms with Gasteiger partial charge in [0, 0.05) is 23.6 Å². The van der Waals surface area contributed by atoms with Crippen LogP contribution in [0.5, 0.6) is 5.75 Å². The van der Waals surface area contributed by atoms with E-state index in [-0.39, 0.29) is 6.54 Å². The van der Waals surface area contributed by atoms with Gasteiger partial charge in [-0.2, -0.15) is 0 Å². The van der Waals surface area contributed by atoms with Gasteiger partial charge in [-0.1, -0.05) is 18.2 Å². The number of aliphatic hydroxyl groups is 1. The van der Waals surface area contributed by atoms with Gasteiger partial charge >= 0.3 is 17.9 Å². The molecule has 5 atom stereocenters. The summed E-state index contributed by atoms with van der Waals surface area (Å²) in [6, 6.07) is 6.94. The minimum atomic E-state index is -2.99. The van der Waals surface area contributed by atoms with Crippen molar-refractivity contribution < 1.29 is 39.5 Å². The van der Waals surface area contributed by atoms with E-state index in [1.807, 2.05) is 0 Å². The number of benzene rings is 1. The molecule has 0 radical (unpaired) electrons. The molecular weight excluding hydrogens is 346 g/mol. The summed E-state index contributed by atoms with van der Waals surface area (Å²) in [5.74, 6) is -8.11. The van der Waals surface area contributed by atoms with Gasteiger partial charge in [0.1, 0.15) is 17.8 Å². The van der Waals surface area contributed by atoms with Gasteiger partial charge in [0.2, 0.25) is 0 Å². The number of fused-ring (bicyclic) bond motifs is 3. The van der Waals surface area contributed by atoms with Gasteiger partial charge in [-0.15, -0.1) is 0 Å². The second-order valence-corrected chi connectivity index (χ2v) is 6.43. The molecule has 0 saturated carbocycles. The summed E-state index contributed by atoms with van der Waals surface area (Å²) in [4.78, 5) is 38.7. The van der Waals surface area contributed by atoms with E-state index in [1.165, 1.54) is 6.21 Å². The predicted octanol–water partition coefficient (Wildman–Crippen LogP) is 0.223. The summed E-state index contributed by atoms with van der Waals surface area (Å²) >= 11 is 0. The Kier molecular flexibility index (Phi) is 4.41. The molecule has 1 aromatic rings. The molecule has 0 amide bonds. The Balaban J connectivity index is 2.09. The van der Waals surface area contributed by atoms with Crippen LogP contribution in [0, 0.1) is 11.8 Å². The number of carboxylic acids is 3. The molecular formula is C17H17NO8. The lowest BCUT2D eigenvalue weighted by Gasteiger charge is -2.37. The van der Waals surface area contributed by atoms with Crippen molar-refractivity contribution in [2.75, 3.05) is 6.54 Å². The summed E-state index contributed by atoms with van der Waals surface area (Å²) in [6.07, 6.45) is -0.461. The normalized spacial score (nSPS) is 26.7. The second kappa shape index (κ2) is 6.41. The maximum absolute atomic E-state index is 11.9. The summed E-state index contributed by atoms with van der Waals surface area (Å²) in [7, 11) is 0. The molecule has 3 rings (SSSR count). The molecule has 0 spiro atoms. The van der Waals surface area contributed by atoms with Crippen LogP contribution < -0.4 is 4.74 Å².